The molecule has 0 spiro atoms. The Kier molecular flexibility index (Phi) is 11.9. The van der Waals surface area contributed by atoms with Crippen LogP contribution in [0.15, 0.2) is 40.5 Å². The minimum Gasteiger partial charge on any atom is -0.497 e. The van der Waals surface area contributed by atoms with Crippen LogP contribution in [0.5, 0.6) is 5.75 Å². The van der Waals surface area contributed by atoms with Crippen molar-refractivity contribution in [3.63, 3.8) is 0 Å². The van der Waals surface area contributed by atoms with E-state index >= 15 is 0 Å². The van der Waals surface area contributed by atoms with Gasteiger partial charge in [0.1, 0.15) is 16.3 Å². The van der Waals surface area contributed by atoms with Gasteiger partial charge in [-0.3, -0.25) is 23.6 Å². The molecule has 16 nitrogen and oxygen atoms in total. The van der Waals surface area contributed by atoms with Crippen molar-refractivity contribution in [1.82, 2.24) is 19.5 Å². The zero-order chi connectivity index (χ0) is 34.3. The number of ether oxygens (including phenoxy) is 6. The van der Waals surface area contributed by atoms with Crippen LogP contribution in [0.4, 0.5) is 5.95 Å². The van der Waals surface area contributed by atoms with Gasteiger partial charge >= 0.3 is 13.3 Å². The molecule has 0 radical (unpaired) electrons. The van der Waals surface area contributed by atoms with Crippen molar-refractivity contribution < 1.29 is 52.4 Å². The second kappa shape index (κ2) is 15.9. The molecule has 2 aliphatic carbocycles. The molecule has 3 atom stereocenters. The lowest BCUT2D eigenvalue weighted by atomic mass is 10.1. The molecule has 2 aromatic heterocycles. The molecular formula is C30H40N5O11PS. The smallest absolute Gasteiger partial charge is 0.415 e. The molecule has 0 bridgehead atoms. The van der Waals surface area contributed by atoms with Crippen LogP contribution >= 0.6 is 19.4 Å². The van der Waals surface area contributed by atoms with E-state index in [1.165, 1.54) is 25.0 Å². The van der Waals surface area contributed by atoms with E-state index in [-0.39, 0.29) is 37.3 Å². The van der Waals surface area contributed by atoms with Gasteiger partial charge < -0.3 is 39.0 Å². The molecule has 1 aromatic carbocycles. The Morgan fingerprint density at radius 3 is 2.04 bits per heavy atom. The van der Waals surface area contributed by atoms with E-state index < -0.39 is 32.0 Å². The van der Waals surface area contributed by atoms with Gasteiger partial charge in [-0.2, -0.15) is 4.98 Å². The van der Waals surface area contributed by atoms with Gasteiger partial charge in [0, 0.05) is 16.7 Å². The minimum absolute atomic E-state index is 0.0131. The van der Waals surface area contributed by atoms with Gasteiger partial charge in [-0.25, -0.2) is 9.97 Å². The number of carbonyl (C=O) groups is 2. The van der Waals surface area contributed by atoms with Crippen molar-refractivity contribution >= 4 is 49.4 Å². The Morgan fingerprint density at radius 1 is 0.979 bits per heavy atom. The van der Waals surface area contributed by atoms with Crippen molar-refractivity contribution in [2.75, 3.05) is 12.8 Å². The van der Waals surface area contributed by atoms with Gasteiger partial charge in [-0.15, -0.1) is 0 Å². The highest BCUT2D eigenvalue weighted by atomic mass is 32.2. The molecule has 3 aromatic rings. The summed E-state index contributed by atoms with van der Waals surface area (Å²) < 4.78 is 48.5. The number of nitrogens with zero attached hydrogens (tertiary/aromatic N) is 4. The van der Waals surface area contributed by atoms with Crippen molar-refractivity contribution in [2.24, 2.45) is 11.8 Å². The summed E-state index contributed by atoms with van der Waals surface area (Å²) in [5.74, 6) is -0.0661. The summed E-state index contributed by atoms with van der Waals surface area (Å²) in [6.07, 6.45) is 3.18. The number of fused-ring (bicyclic) bond motifs is 1. The Hall–Kier alpha value is -3.31. The molecule has 2 heterocycles. The van der Waals surface area contributed by atoms with Gasteiger partial charge in [0.25, 0.3) is 12.9 Å². The van der Waals surface area contributed by atoms with E-state index in [0.717, 1.165) is 30.6 Å². The van der Waals surface area contributed by atoms with Crippen molar-refractivity contribution in [2.45, 2.75) is 99.2 Å². The van der Waals surface area contributed by atoms with Crippen LogP contribution in [0.2, 0.25) is 0 Å². The first-order valence-electron chi connectivity index (χ1n) is 15.6. The van der Waals surface area contributed by atoms with E-state index in [1.807, 2.05) is 24.3 Å². The van der Waals surface area contributed by atoms with Crippen molar-refractivity contribution in [1.29, 1.82) is 0 Å². The highest BCUT2D eigenvalue weighted by Gasteiger charge is 2.58. The first-order chi connectivity index (χ1) is 23.1. The Morgan fingerprint density at radius 2 is 1.54 bits per heavy atom. The van der Waals surface area contributed by atoms with Crippen LogP contribution in [0.25, 0.3) is 11.2 Å². The molecule has 5 rings (SSSR count). The summed E-state index contributed by atoms with van der Waals surface area (Å²) in [5, 5.41) is 0.488. The number of anilines is 1. The fourth-order valence-corrected chi connectivity index (χ4v) is 7.76. The molecule has 3 unspecified atom stereocenters. The Labute approximate surface area is 281 Å². The number of benzene rings is 1. The van der Waals surface area contributed by atoms with E-state index in [0.29, 0.717) is 47.6 Å². The maximum atomic E-state index is 13.4. The summed E-state index contributed by atoms with van der Waals surface area (Å²) in [6, 6.07) is 7.35. The molecule has 0 aliphatic heterocycles. The number of hydrogen-bond donors (Lipinski definition) is 3. The van der Waals surface area contributed by atoms with Gasteiger partial charge in [0.15, 0.2) is 5.65 Å². The van der Waals surface area contributed by atoms with Crippen LogP contribution in [0.3, 0.4) is 0 Å². The third-order valence-corrected chi connectivity index (χ3v) is 10.4. The normalized spacial score (nSPS) is 19.1. The predicted molar refractivity (Wildman–Crippen MR) is 170 cm³/mol. The van der Waals surface area contributed by atoms with Gasteiger partial charge in [0.2, 0.25) is 18.5 Å². The number of hydrogen-bond acceptors (Lipinski definition) is 14. The summed E-state index contributed by atoms with van der Waals surface area (Å²) in [7, 11) is -3.96. The number of carbonyl (C=O) groups excluding carboxylic acids is 2. The molecule has 48 heavy (non-hydrogen) atoms. The number of imidazole rings is 1. The first-order valence-corrected chi connectivity index (χ1v) is 18.1. The van der Waals surface area contributed by atoms with Crippen molar-refractivity contribution in [3.8, 4) is 5.75 Å². The maximum Gasteiger partial charge on any atom is 0.415 e. The molecule has 18 heteroatoms. The largest absolute Gasteiger partial charge is 0.497 e. The minimum atomic E-state index is -5.54. The van der Waals surface area contributed by atoms with Crippen LogP contribution < -0.4 is 10.5 Å². The topological polar surface area (TPSA) is 217 Å². The third kappa shape index (κ3) is 8.45. The van der Waals surface area contributed by atoms with Crippen LogP contribution in [0, 0.1) is 11.8 Å². The lowest BCUT2D eigenvalue weighted by molar-refractivity contribution is -0.420. The molecular weight excluding hydrogens is 669 g/mol. The molecule has 262 valence electrons. The summed E-state index contributed by atoms with van der Waals surface area (Å²) in [4.78, 5) is 58.7. The fourth-order valence-electron chi connectivity index (χ4n) is 6.08. The maximum absolute atomic E-state index is 13.4. The lowest BCUT2D eigenvalue weighted by Gasteiger charge is -2.40. The summed E-state index contributed by atoms with van der Waals surface area (Å²) in [5.41, 5.74) is 3.74. The average Bonchev–Trinajstić information content (AvgIpc) is 3.84. The SMILES string of the molecule is COc1ccc(Sc2nc(N)nc3c2ncn3CC(C)OC(OC(OC=O)C2CCCC2)(OC(OC=O)C2CCCC2)P(=O)(O)O)cc1. The summed E-state index contributed by atoms with van der Waals surface area (Å²) in [6.45, 7) is 1.78. The van der Waals surface area contributed by atoms with Crippen molar-refractivity contribution in [3.05, 3.63) is 30.6 Å². The molecule has 0 saturated heterocycles. The zero-order valence-corrected chi connectivity index (χ0v) is 28.3. The predicted octanol–water partition coefficient (Wildman–Crippen LogP) is 4.17. The molecule has 2 saturated carbocycles. The summed E-state index contributed by atoms with van der Waals surface area (Å²) >= 11 is 1.32. The third-order valence-electron chi connectivity index (χ3n) is 8.36. The van der Waals surface area contributed by atoms with Gasteiger partial charge in [-0.1, -0.05) is 37.4 Å². The number of methoxy groups -OCH3 is 1. The van der Waals surface area contributed by atoms with Gasteiger partial charge in [-0.05, 0) is 56.9 Å². The van der Waals surface area contributed by atoms with Crippen LogP contribution in [-0.2, 0) is 44.4 Å². The number of rotatable bonds is 18. The lowest BCUT2D eigenvalue weighted by Crippen LogP contribution is -2.50. The molecule has 4 N–H and O–H groups in total. The zero-order valence-electron chi connectivity index (χ0n) is 26.6. The number of nitrogen functional groups attached to an aromatic ring is 1. The molecule has 2 fully saturated rings. The van der Waals surface area contributed by atoms with Crippen LogP contribution in [-0.4, -0.2) is 73.8 Å². The van der Waals surface area contributed by atoms with E-state index in [1.54, 1.807) is 11.7 Å². The highest BCUT2D eigenvalue weighted by molar-refractivity contribution is 7.99. The Bertz CT molecular complexity index is 1550. The molecule has 2 aliphatic rings. The number of nitrogens with two attached hydrogens (primary N) is 1. The second-order valence-corrected chi connectivity index (χ2v) is 14.5. The second-order valence-electron chi connectivity index (χ2n) is 11.8. The van der Waals surface area contributed by atoms with Gasteiger partial charge in [0.05, 0.1) is 26.1 Å². The highest BCUT2D eigenvalue weighted by Crippen LogP contribution is 2.56. The van der Waals surface area contributed by atoms with E-state index in [2.05, 4.69) is 15.0 Å². The number of aromatic nitrogens is 4. The molecule has 0 amide bonds. The fraction of sp³-hybridized carbons (Fsp3) is 0.567. The standard InChI is InChI=1S/C30H40N5O11PS/c1-19(15-35-16-32-24-25(35)33-29(31)34-26(24)48-23-13-11-22(41-2)12-14-23)44-30(47(38,39)40,45-27(42-17-36)20-7-3-4-8-20)46-28(43-18-37)21-9-5-6-10-21/h11-14,16-21,27-28H,3-10,15H2,1-2H3,(H2,31,33,34)(H2,38,39,40). The average molecular weight is 710 g/mol. The van der Waals surface area contributed by atoms with E-state index in [9.17, 15) is 23.9 Å². The first kappa shape index (κ1) is 36.0. The quantitative estimate of drug-likeness (QED) is 0.0731. The Balaban J connectivity index is 1.45. The van der Waals surface area contributed by atoms with E-state index in [4.69, 9.17) is 34.2 Å². The van der Waals surface area contributed by atoms with Crippen LogP contribution in [0.1, 0.15) is 58.3 Å². The monoisotopic (exact) mass is 709 g/mol.